The van der Waals surface area contributed by atoms with Crippen LogP contribution in [0, 0.1) is 0 Å². The maximum atomic E-state index is 12.0. The van der Waals surface area contributed by atoms with Gasteiger partial charge in [0, 0.05) is 15.4 Å². The van der Waals surface area contributed by atoms with Crippen molar-refractivity contribution in [1.82, 2.24) is 9.78 Å². The van der Waals surface area contributed by atoms with Crippen molar-refractivity contribution in [2.24, 2.45) is 0 Å². The first-order chi connectivity index (χ1) is 11.2. The lowest BCUT2D eigenvalue weighted by atomic mass is 10.3. The summed E-state index contributed by atoms with van der Waals surface area (Å²) in [5.74, 6) is 1.08. The highest BCUT2D eigenvalue weighted by Crippen LogP contribution is 2.17. The first kappa shape index (κ1) is 15.8. The number of hydrogen-bond acceptors (Lipinski definition) is 4. The largest absolute Gasteiger partial charge is 0.484 e. The van der Waals surface area contributed by atoms with Gasteiger partial charge in [0.2, 0.25) is 0 Å². The molecule has 5 nitrogen and oxygen atoms in total. The Kier molecular flexibility index (Phi) is 5.09. The zero-order valence-corrected chi connectivity index (χ0v) is 14.5. The lowest BCUT2D eigenvalue weighted by Crippen LogP contribution is -2.22. The van der Waals surface area contributed by atoms with Crippen molar-refractivity contribution in [1.29, 1.82) is 0 Å². The molecule has 0 aliphatic carbocycles. The van der Waals surface area contributed by atoms with Crippen LogP contribution < -0.4 is 10.1 Å². The number of ether oxygens (including phenoxy) is 1. The molecule has 2 aromatic heterocycles. The number of nitrogens with zero attached hydrogens (tertiary/aromatic N) is 2. The molecule has 0 radical (unpaired) electrons. The van der Waals surface area contributed by atoms with E-state index < -0.39 is 0 Å². The van der Waals surface area contributed by atoms with Crippen LogP contribution in [0.15, 0.2) is 58.5 Å². The molecule has 0 atom stereocenters. The number of rotatable bonds is 6. The van der Waals surface area contributed by atoms with E-state index in [0.29, 0.717) is 18.1 Å². The van der Waals surface area contributed by atoms with Crippen molar-refractivity contribution in [3.05, 3.63) is 63.4 Å². The normalized spacial score (nSPS) is 10.5. The number of amides is 1. The molecular formula is C16H14BrN3O2S. The summed E-state index contributed by atoms with van der Waals surface area (Å²) in [5.41, 5.74) is 0. The topological polar surface area (TPSA) is 56.1 Å². The minimum absolute atomic E-state index is 0.0498. The van der Waals surface area contributed by atoms with Crippen LogP contribution in [0.2, 0.25) is 0 Å². The molecule has 0 unspecified atom stereocenters. The fourth-order valence-electron chi connectivity index (χ4n) is 1.97. The number of halogens is 1. The third-order valence-electron chi connectivity index (χ3n) is 3.05. The first-order valence-electron chi connectivity index (χ1n) is 6.93. The molecule has 0 aliphatic heterocycles. The molecule has 0 saturated carbocycles. The molecule has 3 rings (SSSR count). The van der Waals surface area contributed by atoms with E-state index in [9.17, 15) is 4.79 Å². The fraction of sp³-hybridized carbons (Fsp3) is 0.125. The summed E-state index contributed by atoms with van der Waals surface area (Å²) in [4.78, 5) is 13.2. The second-order valence-corrected chi connectivity index (χ2v) is 6.69. The van der Waals surface area contributed by atoms with Crippen molar-refractivity contribution < 1.29 is 9.53 Å². The number of carbonyl (C=O) groups is 1. The van der Waals surface area contributed by atoms with Crippen LogP contribution in [-0.2, 0) is 11.3 Å². The standard InChI is InChI=1S/C16H14BrN3O2S/c17-12-3-5-13(6-4-12)22-11-16(21)19-15-7-8-18-20(15)10-14-2-1-9-23-14/h1-9H,10-11H2,(H,19,21). The summed E-state index contributed by atoms with van der Waals surface area (Å²) < 4.78 is 8.17. The quantitative estimate of drug-likeness (QED) is 0.695. The van der Waals surface area contributed by atoms with Crippen LogP contribution in [0.5, 0.6) is 5.75 Å². The number of hydrogen-bond donors (Lipinski definition) is 1. The molecule has 0 fully saturated rings. The summed E-state index contributed by atoms with van der Waals surface area (Å²) in [6.07, 6.45) is 1.67. The molecule has 0 bridgehead atoms. The zero-order valence-electron chi connectivity index (χ0n) is 12.1. The predicted molar refractivity (Wildman–Crippen MR) is 93.9 cm³/mol. The summed E-state index contributed by atoms with van der Waals surface area (Å²) in [7, 11) is 0. The van der Waals surface area contributed by atoms with Gasteiger partial charge in [-0.3, -0.25) is 4.79 Å². The maximum Gasteiger partial charge on any atom is 0.263 e. The SMILES string of the molecule is O=C(COc1ccc(Br)cc1)Nc1ccnn1Cc1cccs1. The Morgan fingerprint density at radius 1 is 1.26 bits per heavy atom. The van der Waals surface area contributed by atoms with Gasteiger partial charge in [0.1, 0.15) is 11.6 Å². The molecular weight excluding hydrogens is 378 g/mol. The number of benzene rings is 1. The third kappa shape index (κ3) is 4.43. The van der Waals surface area contributed by atoms with Crippen LogP contribution in [0.25, 0.3) is 0 Å². The second-order valence-electron chi connectivity index (χ2n) is 4.74. The number of aromatic nitrogens is 2. The maximum absolute atomic E-state index is 12.0. The van der Waals surface area contributed by atoms with Gasteiger partial charge in [-0.25, -0.2) is 4.68 Å². The minimum atomic E-state index is -0.221. The summed E-state index contributed by atoms with van der Waals surface area (Å²) in [6, 6.07) is 13.1. The van der Waals surface area contributed by atoms with Gasteiger partial charge in [-0.2, -0.15) is 5.10 Å². The molecule has 118 valence electrons. The molecule has 0 aliphatic rings. The Balaban J connectivity index is 1.56. The highest BCUT2D eigenvalue weighted by molar-refractivity contribution is 9.10. The lowest BCUT2D eigenvalue weighted by molar-refractivity contribution is -0.118. The molecule has 0 spiro atoms. The molecule has 0 saturated heterocycles. The Bertz CT molecular complexity index is 769. The monoisotopic (exact) mass is 391 g/mol. The number of thiophene rings is 1. The van der Waals surface area contributed by atoms with Crippen LogP contribution in [0.1, 0.15) is 4.88 Å². The summed E-state index contributed by atoms with van der Waals surface area (Å²) in [5, 5.41) is 9.07. The number of nitrogens with one attached hydrogen (secondary N) is 1. The van der Waals surface area contributed by atoms with E-state index >= 15 is 0 Å². The van der Waals surface area contributed by atoms with Crippen molar-refractivity contribution in [2.75, 3.05) is 11.9 Å². The smallest absolute Gasteiger partial charge is 0.263 e. The van der Waals surface area contributed by atoms with Crippen LogP contribution in [-0.4, -0.2) is 22.3 Å². The highest BCUT2D eigenvalue weighted by Gasteiger charge is 2.09. The lowest BCUT2D eigenvalue weighted by Gasteiger charge is -2.09. The average molecular weight is 392 g/mol. The molecule has 2 heterocycles. The van der Waals surface area contributed by atoms with E-state index in [1.54, 1.807) is 40.4 Å². The van der Waals surface area contributed by atoms with E-state index in [4.69, 9.17) is 4.74 Å². The highest BCUT2D eigenvalue weighted by atomic mass is 79.9. The number of carbonyl (C=O) groups excluding carboxylic acids is 1. The summed E-state index contributed by atoms with van der Waals surface area (Å²) in [6.45, 7) is 0.583. The van der Waals surface area contributed by atoms with Crippen LogP contribution in [0.3, 0.4) is 0 Å². The predicted octanol–water partition coefficient (Wildman–Crippen LogP) is 3.77. The van der Waals surface area contributed by atoms with Crippen molar-refractivity contribution in [3.63, 3.8) is 0 Å². The van der Waals surface area contributed by atoms with Gasteiger partial charge in [0.05, 0.1) is 12.7 Å². The van der Waals surface area contributed by atoms with E-state index in [1.807, 2.05) is 29.6 Å². The second kappa shape index (κ2) is 7.43. The van der Waals surface area contributed by atoms with Gasteiger partial charge < -0.3 is 10.1 Å². The molecule has 3 aromatic rings. The van der Waals surface area contributed by atoms with E-state index in [-0.39, 0.29) is 12.5 Å². The van der Waals surface area contributed by atoms with Crippen molar-refractivity contribution in [3.8, 4) is 5.75 Å². The van der Waals surface area contributed by atoms with Crippen molar-refractivity contribution >= 4 is 39.0 Å². The van der Waals surface area contributed by atoms with Gasteiger partial charge in [0.15, 0.2) is 6.61 Å². The van der Waals surface area contributed by atoms with Gasteiger partial charge in [-0.05, 0) is 35.7 Å². The van der Waals surface area contributed by atoms with E-state index in [2.05, 4.69) is 26.3 Å². The average Bonchev–Trinajstić information content (AvgIpc) is 3.20. The molecule has 1 N–H and O–H groups in total. The van der Waals surface area contributed by atoms with Gasteiger partial charge in [-0.1, -0.05) is 22.0 Å². The fourth-order valence-corrected chi connectivity index (χ4v) is 2.92. The Morgan fingerprint density at radius 2 is 2.09 bits per heavy atom. The summed E-state index contributed by atoms with van der Waals surface area (Å²) >= 11 is 5.01. The van der Waals surface area contributed by atoms with Crippen LogP contribution >= 0.6 is 27.3 Å². The Hall–Kier alpha value is -2.12. The molecule has 1 amide bonds. The van der Waals surface area contributed by atoms with Gasteiger partial charge in [-0.15, -0.1) is 11.3 Å². The number of anilines is 1. The minimum Gasteiger partial charge on any atom is -0.484 e. The molecule has 7 heteroatoms. The van der Waals surface area contributed by atoms with Crippen molar-refractivity contribution in [2.45, 2.75) is 6.54 Å². The molecule has 1 aromatic carbocycles. The van der Waals surface area contributed by atoms with E-state index in [1.165, 1.54) is 4.88 Å². The first-order valence-corrected chi connectivity index (χ1v) is 8.60. The molecule has 23 heavy (non-hydrogen) atoms. The van der Waals surface area contributed by atoms with E-state index in [0.717, 1.165) is 4.47 Å². The Labute approximate surface area is 146 Å². The van der Waals surface area contributed by atoms with Gasteiger partial charge >= 0.3 is 0 Å². The third-order valence-corrected chi connectivity index (χ3v) is 4.44. The van der Waals surface area contributed by atoms with Crippen LogP contribution in [0.4, 0.5) is 5.82 Å². The zero-order chi connectivity index (χ0) is 16.1. The van der Waals surface area contributed by atoms with Gasteiger partial charge in [0.25, 0.3) is 5.91 Å². The Morgan fingerprint density at radius 3 is 2.83 bits per heavy atom.